The van der Waals surface area contributed by atoms with E-state index in [0.717, 1.165) is 23.2 Å². The van der Waals surface area contributed by atoms with Crippen molar-refractivity contribution in [1.82, 2.24) is 5.16 Å². The van der Waals surface area contributed by atoms with Crippen LogP contribution in [0.25, 0.3) is 0 Å². The predicted octanol–water partition coefficient (Wildman–Crippen LogP) is 2.96. The van der Waals surface area contributed by atoms with Crippen molar-refractivity contribution in [2.75, 3.05) is 11.9 Å². The Morgan fingerprint density at radius 2 is 2.00 bits per heavy atom. The molecule has 0 bridgehead atoms. The summed E-state index contributed by atoms with van der Waals surface area (Å²) in [7, 11) is 0. The maximum atomic E-state index is 12.0. The fourth-order valence-electron chi connectivity index (χ4n) is 2.36. The molecule has 0 saturated carbocycles. The zero-order chi connectivity index (χ0) is 17.0. The number of aromatic nitrogens is 1. The second-order valence-corrected chi connectivity index (χ2v) is 5.29. The first-order valence-electron chi connectivity index (χ1n) is 7.42. The first-order valence-corrected chi connectivity index (χ1v) is 7.42. The number of hydrogen-bond donors (Lipinski definition) is 1. The molecule has 2 rings (SSSR count). The Bertz CT molecular complexity index is 715. The van der Waals surface area contributed by atoms with Crippen molar-refractivity contribution >= 4 is 17.6 Å². The first-order chi connectivity index (χ1) is 10.9. The zero-order valence-corrected chi connectivity index (χ0v) is 13.7. The van der Waals surface area contributed by atoms with Gasteiger partial charge in [0.2, 0.25) is 0 Å². The van der Waals surface area contributed by atoms with E-state index in [1.165, 1.54) is 0 Å². The number of hydrogen-bond acceptors (Lipinski definition) is 5. The SMILES string of the molecule is CCc1cccc(C)c1NC(=O)COC(=O)c1c(C)noc1C. The van der Waals surface area contributed by atoms with Crippen LogP contribution in [0.1, 0.15) is 39.9 Å². The molecule has 0 spiro atoms. The summed E-state index contributed by atoms with van der Waals surface area (Å²) >= 11 is 0. The molecule has 1 N–H and O–H groups in total. The number of carbonyl (C=O) groups excluding carboxylic acids is 2. The summed E-state index contributed by atoms with van der Waals surface area (Å²) in [6, 6.07) is 5.82. The third-order valence-corrected chi connectivity index (χ3v) is 3.58. The number of anilines is 1. The van der Waals surface area contributed by atoms with Crippen LogP contribution in [0, 0.1) is 20.8 Å². The van der Waals surface area contributed by atoms with Gasteiger partial charge in [0.05, 0.1) is 5.69 Å². The summed E-state index contributed by atoms with van der Waals surface area (Å²) in [5.74, 6) is -0.619. The number of ether oxygens (including phenoxy) is 1. The van der Waals surface area contributed by atoms with Crippen molar-refractivity contribution in [3.63, 3.8) is 0 Å². The number of esters is 1. The summed E-state index contributed by atoms with van der Waals surface area (Å²) in [5, 5.41) is 6.49. The van der Waals surface area contributed by atoms with Crippen LogP contribution in [0.15, 0.2) is 22.7 Å². The largest absolute Gasteiger partial charge is 0.452 e. The van der Waals surface area contributed by atoms with Crippen molar-refractivity contribution in [1.29, 1.82) is 0 Å². The average Bonchev–Trinajstić information content (AvgIpc) is 2.86. The van der Waals surface area contributed by atoms with Crippen molar-refractivity contribution < 1.29 is 18.8 Å². The number of benzene rings is 1. The third kappa shape index (κ3) is 3.77. The van der Waals surface area contributed by atoms with E-state index < -0.39 is 5.97 Å². The van der Waals surface area contributed by atoms with Gasteiger partial charge in [-0.2, -0.15) is 0 Å². The minimum Gasteiger partial charge on any atom is -0.452 e. The van der Waals surface area contributed by atoms with Gasteiger partial charge in [0.1, 0.15) is 11.3 Å². The molecule has 0 aliphatic rings. The lowest BCUT2D eigenvalue weighted by atomic mass is 10.1. The van der Waals surface area contributed by atoms with Crippen LogP contribution in [0.4, 0.5) is 5.69 Å². The molecule has 6 heteroatoms. The maximum absolute atomic E-state index is 12.0. The van der Waals surface area contributed by atoms with E-state index in [-0.39, 0.29) is 18.1 Å². The molecular weight excluding hydrogens is 296 g/mol. The molecule has 0 fully saturated rings. The monoisotopic (exact) mass is 316 g/mol. The van der Waals surface area contributed by atoms with Gasteiger partial charge >= 0.3 is 5.97 Å². The summed E-state index contributed by atoms with van der Waals surface area (Å²) in [5.41, 5.74) is 3.49. The minimum atomic E-state index is -0.614. The quantitative estimate of drug-likeness (QED) is 0.858. The highest BCUT2D eigenvalue weighted by molar-refractivity contribution is 5.97. The van der Waals surface area contributed by atoms with Gasteiger partial charge in [-0.25, -0.2) is 4.79 Å². The zero-order valence-electron chi connectivity index (χ0n) is 13.7. The lowest BCUT2D eigenvalue weighted by Crippen LogP contribution is -2.22. The van der Waals surface area contributed by atoms with Gasteiger partial charge in [0.15, 0.2) is 6.61 Å². The van der Waals surface area contributed by atoms with Crippen molar-refractivity contribution in [2.24, 2.45) is 0 Å². The molecule has 1 aromatic heterocycles. The van der Waals surface area contributed by atoms with Gasteiger partial charge in [0, 0.05) is 5.69 Å². The Balaban J connectivity index is 2.00. The molecule has 0 aliphatic heterocycles. The Hall–Kier alpha value is -2.63. The fourth-order valence-corrected chi connectivity index (χ4v) is 2.36. The maximum Gasteiger partial charge on any atom is 0.344 e. The van der Waals surface area contributed by atoms with Crippen LogP contribution in [0.2, 0.25) is 0 Å². The molecule has 0 atom stereocenters. The number of aryl methyl sites for hydroxylation is 4. The fraction of sp³-hybridized carbons (Fsp3) is 0.353. The number of amides is 1. The van der Waals surface area contributed by atoms with Gasteiger partial charge < -0.3 is 14.6 Å². The summed E-state index contributed by atoms with van der Waals surface area (Å²) in [6.07, 6.45) is 0.802. The van der Waals surface area contributed by atoms with Crippen LogP contribution in [0.5, 0.6) is 0 Å². The Kier molecular flexibility index (Phi) is 5.16. The Morgan fingerprint density at radius 3 is 2.61 bits per heavy atom. The number of para-hydroxylation sites is 1. The Morgan fingerprint density at radius 1 is 1.26 bits per heavy atom. The predicted molar refractivity (Wildman–Crippen MR) is 85.4 cm³/mol. The summed E-state index contributed by atoms with van der Waals surface area (Å²) in [4.78, 5) is 24.0. The highest BCUT2D eigenvalue weighted by Crippen LogP contribution is 2.21. The first kappa shape index (κ1) is 16.7. The molecule has 1 heterocycles. The van der Waals surface area contributed by atoms with E-state index in [9.17, 15) is 9.59 Å². The topological polar surface area (TPSA) is 81.4 Å². The smallest absolute Gasteiger partial charge is 0.344 e. The molecule has 0 aliphatic carbocycles. The van der Waals surface area contributed by atoms with Crippen molar-refractivity contribution in [3.8, 4) is 0 Å². The number of nitrogens with one attached hydrogen (secondary N) is 1. The van der Waals surface area contributed by atoms with Gasteiger partial charge in [-0.05, 0) is 38.3 Å². The van der Waals surface area contributed by atoms with Crippen molar-refractivity contribution in [3.05, 3.63) is 46.3 Å². The van der Waals surface area contributed by atoms with E-state index in [2.05, 4.69) is 10.5 Å². The second-order valence-electron chi connectivity index (χ2n) is 5.29. The van der Waals surface area contributed by atoms with Crippen LogP contribution in [-0.4, -0.2) is 23.6 Å². The summed E-state index contributed by atoms with van der Waals surface area (Å²) in [6.45, 7) is 6.85. The Labute approximate surface area is 134 Å². The van der Waals surface area contributed by atoms with Crippen LogP contribution >= 0.6 is 0 Å². The van der Waals surface area contributed by atoms with Gasteiger partial charge in [-0.1, -0.05) is 30.3 Å². The molecule has 1 amide bonds. The standard InChI is InChI=1S/C17H20N2O4/c1-5-13-8-6-7-10(2)16(13)18-14(20)9-22-17(21)15-11(3)19-23-12(15)4/h6-8H,5,9H2,1-4H3,(H,18,20). The second kappa shape index (κ2) is 7.09. The van der Waals surface area contributed by atoms with Gasteiger partial charge in [-0.15, -0.1) is 0 Å². The molecule has 1 aromatic carbocycles. The van der Waals surface area contributed by atoms with Crippen molar-refractivity contribution in [2.45, 2.75) is 34.1 Å². The van der Waals surface area contributed by atoms with Gasteiger partial charge in [-0.3, -0.25) is 4.79 Å². The van der Waals surface area contributed by atoms with E-state index >= 15 is 0 Å². The highest BCUT2D eigenvalue weighted by Gasteiger charge is 2.20. The number of carbonyl (C=O) groups is 2. The van der Waals surface area contributed by atoms with Crippen LogP contribution in [-0.2, 0) is 16.0 Å². The van der Waals surface area contributed by atoms with E-state index in [1.807, 2.05) is 32.0 Å². The minimum absolute atomic E-state index is 0.267. The third-order valence-electron chi connectivity index (χ3n) is 3.58. The molecule has 0 radical (unpaired) electrons. The molecule has 0 saturated heterocycles. The van der Waals surface area contributed by atoms with E-state index in [1.54, 1.807) is 13.8 Å². The van der Waals surface area contributed by atoms with E-state index in [0.29, 0.717) is 11.5 Å². The van der Waals surface area contributed by atoms with Crippen LogP contribution in [0.3, 0.4) is 0 Å². The van der Waals surface area contributed by atoms with Gasteiger partial charge in [0.25, 0.3) is 5.91 Å². The molecule has 122 valence electrons. The van der Waals surface area contributed by atoms with Crippen LogP contribution < -0.4 is 5.32 Å². The summed E-state index contributed by atoms with van der Waals surface area (Å²) < 4.78 is 9.96. The lowest BCUT2D eigenvalue weighted by molar-refractivity contribution is -0.119. The van der Waals surface area contributed by atoms with E-state index in [4.69, 9.17) is 9.26 Å². The normalized spacial score (nSPS) is 10.4. The molecule has 6 nitrogen and oxygen atoms in total. The highest BCUT2D eigenvalue weighted by atomic mass is 16.5. The number of nitrogens with zero attached hydrogens (tertiary/aromatic N) is 1. The lowest BCUT2D eigenvalue weighted by Gasteiger charge is -2.13. The molecule has 0 unspecified atom stereocenters. The molecule has 2 aromatic rings. The average molecular weight is 316 g/mol. The molecule has 23 heavy (non-hydrogen) atoms. The number of rotatable bonds is 5. The molecular formula is C17H20N2O4.